The molecule has 7 nitrogen and oxygen atoms in total. The van der Waals surface area contributed by atoms with E-state index in [4.69, 9.17) is 19.3 Å². The summed E-state index contributed by atoms with van der Waals surface area (Å²) in [6.45, 7) is 8.32. The highest BCUT2D eigenvalue weighted by molar-refractivity contribution is 5.95. The molecule has 0 bridgehead atoms. The van der Waals surface area contributed by atoms with Gasteiger partial charge in [0, 0.05) is 12.1 Å². The van der Waals surface area contributed by atoms with Crippen molar-refractivity contribution < 1.29 is 28.9 Å². The zero-order valence-electron chi connectivity index (χ0n) is 14.5. The van der Waals surface area contributed by atoms with Gasteiger partial charge in [-0.3, -0.25) is 9.59 Å². The molecule has 0 saturated heterocycles. The molecule has 1 atom stereocenters. The van der Waals surface area contributed by atoms with Crippen LogP contribution in [0.5, 0.6) is 17.2 Å². The van der Waals surface area contributed by atoms with E-state index in [1.807, 2.05) is 20.8 Å². The van der Waals surface area contributed by atoms with E-state index in [1.165, 1.54) is 6.92 Å². The lowest BCUT2D eigenvalue weighted by Gasteiger charge is -2.17. The molecule has 2 N–H and O–H groups in total. The molecule has 134 valence electrons. The first kappa shape index (κ1) is 19.6. The Morgan fingerprint density at radius 1 is 1.04 bits per heavy atom. The largest absolute Gasteiger partial charge is 0.490 e. The number of hydrogen-bond acceptors (Lipinski definition) is 5. The third-order valence-corrected chi connectivity index (χ3v) is 3.16. The molecule has 24 heavy (non-hydrogen) atoms. The van der Waals surface area contributed by atoms with E-state index in [9.17, 15) is 9.59 Å². The van der Waals surface area contributed by atoms with E-state index in [0.717, 1.165) is 0 Å². The van der Waals surface area contributed by atoms with E-state index < -0.39 is 17.8 Å². The van der Waals surface area contributed by atoms with Crippen molar-refractivity contribution in [2.24, 2.45) is 5.92 Å². The predicted molar refractivity (Wildman–Crippen MR) is 89.1 cm³/mol. The molecule has 0 aliphatic carbocycles. The molecule has 0 unspecified atom stereocenters. The van der Waals surface area contributed by atoms with Gasteiger partial charge in [-0.05, 0) is 32.9 Å². The van der Waals surface area contributed by atoms with Crippen LogP contribution in [0.25, 0.3) is 0 Å². The highest BCUT2D eigenvalue weighted by Gasteiger charge is 2.19. The summed E-state index contributed by atoms with van der Waals surface area (Å²) in [6.07, 6.45) is 0. The normalized spacial score (nSPS) is 11.5. The maximum atomic E-state index is 12.3. The number of carboxylic acids is 1. The van der Waals surface area contributed by atoms with Gasteiger partial charge >= 0.3 is 5.97 Å². The number of nitrogens with one attached hydrogen (secondary N) is 1. The third kappa shape index (κ3) is 5.33. The molecule has 1 rings (SSSR count). The van der Waals surface area contributed by atoms with E-state index in [1.54, 1.807) is 12.1 Å². The van der Waals surface area contributed by atoms with Crippen molar-refractivity contribution in [3.8, 4) is 17.2 Å². The zero-order chi connectivity index (χ0) is 18.1. The number of benzene rings is 1. The Balaban J connectivity index is 3.09. The van der Waals surface area contributed by atoms with Crippen LogP contribution in [-0.4, -0.2) is 43.3 Å². The van der Waals surface area contributed by atoms with E-state index in [0.29, 0.717) is 42.6 Å². The number of carbonyl (C=O) groups excluding carboxylic acids is 1. The predicted octanol–water partition coefficient (Wildman–Crippen LogP) is 2.33. The zero-order valence-corrected chi connectivity index (χ0v) is 14.5. The average molecular weight is 339 g/mol. The second-order valence-electron chi connectivity index (χ2n) is 5.05. The van der Waals surface area contributed by atoms with Gasteiger partial charge in [0.15, 0.2) is 11.5 Å². The van der Waals surface area contributed by atoms with Gasteiger partial charge in [-0.1, -0.05) is 6.92 Å². The minimum Gasteiger partial charge on any atom is -0.490 e. The molecule has 7 heteroatoms. The molecular formula is C17H25NO6. The number of carboxylic acid groups (broad SMARTS) is 1. The molecule has 0 radical (unpaired) electrons. The van der Waals surface area contributed by atoms with Crippen LogP contribution in [0.4, 0.5) is 0 Å². The van der Waals surface area contributed by atoms with Crippen molar-refractivity contribution in [3.63, 3.8) is 0 Å². The molecule has 1 amide bonds. The molecule has 0 spiro atoms. The highest BCUT2D eigenvalue weighted by Crippen LogP contribution is 2.39. The second kappa shape index (κ2) is 9.64. The summed E-state index contributed by atoms with van der Waals surface area (Å²) >= 11 is 0. The Labute approximate surface area is 141 Å². The fourth-order valence-corrected chi connectivity index (χ4v) is 1.95. The van der Waals surface area contributed by atoms with Crippen LogP contribution in [0.15, 0.2) is 12.1 Å². The van der Waals surface area contributed by atoms with Crippen LogP contribution in [-0.2, 0) is 4.79 Å². The Morgan fingerprint density at radius 2 is 1.54 bits per heavy atom. The number of carbonyl (C=O) groups is 2. The monoisotopic (exact) mass is 339 g/mol. The molecule has 0 aliphatic heterocycles. The second-order valence-corrected chi connectivity index (χ2v) is 5.05. The molecule has 1 aromatic rings. The van der Waals surface area contributed by atoms with Crippen LogP contribution >= 0.6 is 0 Å². The van der Waals surface area contributed by atoms with E-state index in [2.05, 4.69) is 5.32 Å². The van der Waals surface area contributed by atoms with Gasteiger partial charge in [-0.25, -0.2) is 0 Å². The standard InChI is InChI=1S/C17H25NO6/c1-5-22-13-8-12(16(19)18-10-11(4)17(20)21)9-14(23-6-2)15(13)24-7-3/h8-9,11H,5-7,10H2,1-4H3,(H,18,19)(H,20,21)/t11-/m0/s1. The molecule has 0 aromatic heterocycles. The van der Waals surface area contributed by atoms with Crippen molar-refractivity contribution in [2.45, 2.75) is 27.7 Å². The summed E-state index contributed by atoms with van der Waals surface area (Å²) < 4.78 is 16.7. The van der Waals surface area contributed by atoms with Gasteiger partial charge in [0.2, 0.25) is 5.75 Å². The number of hydrogen-bond donors (Lipinski definition) is 2. The van der Waals surface area contributed by atoms with Gasteiger partial charge in [0.05, 0.1) is 25.7 Å². The molecule has 0 aliphatic rings. The summed E-state index contributed by atoms with van der Waals surface area (Å²) in [5.41, 5.74) is 0.322. The Bertz CT molecular complexity index is 545. The first-order valence-corrected chi connectivity index (χ1v) is 8.01. The number of aliphatic carboxylic acids is 1. The SMILES string of the molecule is CCOc1cc(C(=O)NC[C@H](C)C(=O)O)cc(OCC)c1OCC. The lowest BCUT2D eigenvalue weighted by molar-refractivity contribution is -0.140. The topological polar surface area (TPSA) is 94.1 Å². The van der Waals surface area contributed by atoms with Crippen LogP contribution < -0.4 is 19.5 Å². The van der Waals surface area contributed by atoms with Gasteiger partial charge in [-0.2, -0.15) is 0 Å². The maximum absolute atomic E-state index is 12.3. The van der Waals surface area contributed by atoms with Crippen molar-refractivity contribution >= 4 is 11.9 Å². The number of amides is 1. The van der Waals surface area contributed by atoms with Crippen LogP contribution in [0, 0.1) is 5.92 Å². The Kier molecular flexibility index (Phi) is 7.88. The summed E-state index contributed by atoms with van der Waals surface area (Å²) in [4.78, 5) is 23.1. The van der Waals surface area contributed by atoms with E-state index >= 15 is 0 Å². The summed E-state index contributed by atoms with van der Waals surface area (Å²) in [5, 5.41) is 11.5. The first-order chi connectivity index (χ1) is 11.4. The van der Waals surface area contributed by atoms with Gasteiger partial charge in [-0.15, -0.1) is 0 Å². The van der Waals surface area contributed by atoms with Gasteiger partial charge in [0.25, 0.3) is 5.91 Å². The van der Waals surface area contributed by atoms with Crippen molar-refractivity contribution in [2.75, 3.05) is 26.4 Å². The van der Waals surface area contributed by atoms with Crippen molar-refractivity contribution in [3.05, 3.63) is 17.7 Å². The lowest BCUT2D eigenvalue weighted by Crippen LogP contribution is -2.31. The van der Waals surface area contributed by atoms with Crippen LogP contribution in [0.3, 0.4) is 0 Å². The molecule has 0 heterocycles. The van der Waals surface area contributed by atoms with Crippen LogP contribution in [0.1, 0.15) is 38.1 Å². The minimum atomic E-state index is -0.966. The first-order valence-electron chi connectivity index (χ1n) is 8.01. The van der Waals surface area contributed by atoms with E-state index in [-0.39, 0.29) is 6.54 Å². The summed E-state index contributed by atoms with van der Waals surface area (Å²) in [6, 6.07) is 3.13. The summed E-state index contributed by atoms with van der Waals surface area (Å²) in [7, 11) is 0. The number of ether oxygens (including phenoxy) is 3. The third-order valence-electron chi connectivity index (χ3n) is 3.16. The summed E-state index contributed by atoms with van der Waals surface area (Å²) in [5.74, 6) is -0.741. The maximum Gasteiger partial charge on any atom is 0.308 e. The molecule has 0 saturated carbocycles. The van der Waals surface area contributed by atoms with Crippen LogP contribution in [0.2, 0.25) is 0 Å². The molecular weight excluding hydrogens is 314 g/mol. The van der Waals surface area contributed by atoms with Gasteiger partial charge < -0.3 is 24.6 Å². The quantitative estimate of drug-likeness (QED) is 0.679. The fourth-order valence-electron chi connectivity index (χ4n) is 1.95. The Morgan fingerprint density at radius 3 is 1.96 bits per heavy atom. The minimum absolute atomic E-state index is 0.0370. The number of rotatable bonds is 10. The highest BCUT2D eigenvalue weighted by atomic mass is 16.5. The molecule has 0 fully saturated rings. The van der Waals surface area contributed by atoms with Gasteiger partial charge in [0.1, 0.15) is 0 Å². The lowest BCUT2D eigenvalue weighted by atomic mass is 10.1. The van der Waals surface area contributed by atoms with Crippen molar-refractivity contribution in [1.82, 2.24) is 5.32 Å². The fraction of sp³-hybridized carbons (Fsp3) is 0.529. The smallest absolute Gasteiger partial charge is 0.308 e. The van der Waals surface area contributed by atoms with Crippen molar-refractivity contribution in [1.29, 1.82) is 0 Å². The Hall–Kier alpha value is -2.44. The average Bonchev–Trinajstić information content (AvgIpc) is 2.55. The molecule has 1 aromatic carbocycles.